The molecule has 34 heavy (non-hydrogen) atoms. The maximum Gasteiger partial charge on any atom is 0.156 e. The van der Waals surface area contributed by atoms with E-state index in [2.05, 4.69) is 69.5 Å². The van der Waals surface area contributed by atoms with E-state index >= 15 is 0 Å². The van der Waals surface area contributed by atoms with Gasteiger partial charge >= 0.3 is 0 Å². The van der Waals surface area contributed by atoms with Crippen molar-refractivity contribution in [3.63, 3.8) is 0 Å². The first-order valence-electron chi connectivity index (χ1n) is 11.8. The van der Waals surface area contributed by atoms with Crippen molar-refractivity contribution in [2.45, 2.75) is 13.1 Å². The van der Waals surface area contributed by atoms with Crippen molar-refractivity contribution in [2.24, 2.45) is 0 Å². The van der Waals surface area contributed by atoms with E-state index < -0.39 is 0 Å². The van der Waals surface area contributed by atoms with Crippen LogP contribution < -0.4 is 4.90 Å². The Morgan fingerprint density at radius 1 is 0.794 bits per heavy atom. The van der Waals surface area contributed by atoms with Gasteiger partial charge in [-0.2, -0.15) is 5.10 Å². The van der Waals surface area contributed by atoms with E-state index in [1.54, 1.807) is 0 Å². The average molecular weight is 450 g/mol. The smallest absolute Gasteiger partial charge is 0.156 e. The lowest BCUT2D eigenvalue weighted by atomic mass is 10.1. The van der Waals surface area contributed by atoms with Crippen LogP contribution in [0.2, 0.25) is 0 Å². The Bertz CT molecular complexity index is 1330. The second-order valence-corrected chi connectivity index (χ2v) is 8.80. The third-order valence-electron chi connectivity index (χ3n) is 6.48. The van der Waals surface area contributed by atoms with Crippen molar-refractivity contribution in [3.05, 3.63) is 103 Å². The van der Waals surface area contributed by atoms with Gasteiger partial charge in [0.25, 0.3) is 0 Å². The topological polar surface area (TPSA) is 50.3 Å². The molecule has 1 aliphatic heterocycles. The van der Waals surface area contributed by atoms with Crippen molar-refractivity contribution in [3.8, 4) is 11.5 Å². The Labute approximate surface area is 199 Å². The van der Waals surface area contributed by atoms with E-state index in [0.29, 0.717) is 0 Å². The van der Waals surface area contributed by atoms with Gasteiger partial charge in [0.05, 0.1) is 6.54 Å². The number of hydrogen-bond donors (Lipinski definition) is 0. The SMILES string of the molecule is c1ccc(Cn2cc(CN3CCN(c4ccncc4)CC3)c(-c3cc4ccccc4o3)n2)cc1. The minimum absolute atomic E-state index is 0.740. The molecule has 0 unspecified atom stereocenters. The third-order valence-corrected chi connectivity index (χ3v) is 6.48. The number of nitrogens with zero attached hydrogens (tertiary/aromatic N) is 5. The molecule has 6 heteroatoms. The summed E-state index contributed by atoms with van der Waals surface area (Å²) in [5.41, 5.74) is 5.51. The van der Waals surface area contributed by atoms with Crippen LogP contribution in [0, 0.1) is 0 Å². The third kappa shape index (κ3) is 4.32. The Morgan fingerprint density at radius 2 is 1.56 bits per heavy atom. The highest BCUT2D eigenvalue weighted by molar-refractivity contribution is 5.82. The van der Waals surface area contributed by atoms with Gasteiger partial charge in [-0.25, -0.2) is 0 Å². The molecule has 0 amide bonds. The fourth-order valence-corrected chi connectivity index (χ4v) is 4.70. The standard InChI is InChI=1S/C28H27N5O/c1-2-6-22(7-3-1)19-33-21-24(28(30-33)27-18-23-8-4-5-9-26(23)34-27)20-31-14-16-32(17-15-31)25-10-12-29-13-11-25/h1-13,18,21H,14-17,19-20H2. The average Bonchev–Trinajstić information content (AvgIpc) is 3.49. The van der Waals surface area contributed by atoms with Crippen LogP contribution in [0.25, 0.3) is 22.4 Å². The largest absolute Gasteiger partial charge is 0.454 e. The molecule has 6 rings (SSSR count). The second kappa shape index (κ2) is 9.15. The van der Waals surface area contributed by atoms with E-state index in [9.17, 15) is 0 Å². The number of pyridine rings is 1. The fraction of sp³-hybridized carbons (Fsp3) is 0.214. The number of para-hydroxylation sites is 1. The number of aromatic nitrogens is 3. The molecule has 1 aliphatic rings. The molecule has 2 aromatic carbocycles. The first-order valence-corrected chi connectivity index (χ1v) is 11.8. The predicted molar refractivity (Wildman–Crippen MR) is 135 cm³/mol. The lowest BCUT2D eigenvalue weighted by Crippen LogP contribution is -2.46. The zero-order valence-corrected chi connectivity index (χ0v) is 19.0. The predicted octanol–water partition coefficient (Wildman–Crippen LogP) is 5.06. The van der Waals surface area contributed by atoms with Crippen LogP contribution >= 0.6 is 0 Å². The molecule has 3 aromatic heterocycles. The molecule has 0 atom stereocenters. The molecule has 6 nitrogen and oxygen atoms in total. The van der Waals surface area contributed by atoms with Crippen LogP contribution in [0.4, 0.5) is 5.69 Å². The van der Waals surface area contributed by atoms with Gasteiger partial charge in [-0.05, 0) is 29.8 Å². The Hall–Kier alpha value is -3.90. The molecule has 1 saturated heterocycles. The summed E-state index contributed by atoms with van der Waals surface area (Å²) in [4.78, 5) is 9.08. The van der Waals surface area contributed by atoms with E-state index in [0.717, 1.165) is 61.7 Å². The van der Waals surface area contributed by atoms with Gasteiger partial charge in [-0.1, -0.05) is 48.5 Å². The molecule has 1 fully saturated rings. The van der Waals surface area contributed by atoms with Crippen LogP contribution in [0.15, 0.2) is 95.8 Å². The van der Waals surface area contributed by atoms with E-state index in [4.69, 9.17) is 9.52 Å². The van der Waals surface area contributed by atoms with Crippen molar-refractivity contribution < 1.29 is 4.42 Å². The first-order chi connectivity index (χ1) is 16.8. The zero-order valence-electron chi connectivity index (χ0n) is 19.0. The van der Waals surface area contributed by atoms with E-state index in [1.807, 2.05) is 41.3 Å². The molecule has 0 N–H and O–H groups in total. The number of benzene rings is 2. The lowest BCUT2D eigenvalue weighted by molar-refractivity contribution is 0.250. The maximum atomic E-state index is 6.21. The van der Waals surface area contributed by atoms with Crippen LogP contribution in [0.3, 0.4) is 0 Å². The lowest BCUT2D eigenvalue weighted by Gasteiger charge is -2.36. The van der Waals surface area contributed by atoms with Crippen molar-refractivity contribution in [1.29, 1.82) is 0 Å². The molecule has 4 heterocycles. The number of rotatable bonds is 6. The summed E-state index contributed by atoms with van der Waals surface area (Å²) in [5.74, 6) is 0.832. The monoisotopic (exact) mass is 449 g/mol. The van der Waals surface area contributed by atoms with Crippen LogP contribution in [-0.2, 0) is 13.1 Å². The first kappa shape index (κ1) is 20.7. The van der Waals surface area contributed by atoms with Gasteiger partial charge in [0, 0.05) is 68.0 Å². The summed E-state index contributed by atoms with van der Waals surface area (Å²) >= 11 is 0. The molecule has 0 bridgehead atoms. The second-order valence-electron chi connectivity index (χ2n) is 8.80. The summed E-state index contributed by atoms with van der Waals surface area (Å²) < 4.78 is 8.26. The minimum atomic E-state index is 0.740. The molecule has 0 saturated carbocycles. The van der Waals surface area contributed by atoms with Crippen molar-refractivity contribution in [1.82, 2.24) is 19.7 Å². The van der Waals surface area contributed by atoms with Gasteiger partial charge in [-0.3, -0.25) is 14.6 Å². The summed E-state index contributed by atoms with van der Waals surface area (Å²) in [7, 11) is 0. The van der Waals surface area contributed by atoms with Gasteiger partial charge < -0.3 is 9.32 Å². The number of hydrogen-bond acceptors (Lipinski definition) is 5. The van der Waals surface area contributed by atoms with Gasteiger partial charge in [0.1, 0.15) is 11.3 Å². The Balaban J connectivity index is 1.25. The molecule has 0 spiro atoms. The van der Waals surface area contributed by atoms with Gasteiger partial charge in [0.15, 0.2) is 5.76 Å². The molecular formula is C28H27N5O. The minimum Gasteiger partial charge on any atom is -0.454 e. The number of piperazine rings is 1. The number of fused-ring (bicyclic) bond motifs is 1. The summed E-state index contributed by atoms with van der Waals surface area (Å²) in [6, 6.07) is 24.9. The molecule has 170 valence electrons. The van der Waals surface area contributed by atoms with Crippen molar-refractivity contribution >= 4 is 16.7 Å². The van der Waals surface area contributed by atoms with E-state index in [-0.39, 0.29) is 0 Å². The molecule has 5 aromatic rings. The highest BCUT2D eigenvalue weighted by atomic mass is 16.3. The summed E-state index contributed by atoms with van der Waals surface area (Å²) in [6.45, 7) is 5.61. The van der Waals surface area contributed by atoms with E-state index in [1.165, 1.54) is 16.8 Å². The van der Waals surface area contributed by atoms with Crippen LogP contribution in [0.1, 0.15) is 11.1 Å². The maximum absolute atomic E-state index is 6.21. The van der Waals surface area contributed by atoms with Crippen LogP contribution in [0.5, 0.6) is 0 Å². The Morgan fingerprint density at radius 3 is 2.35 bits per heavy atom. The molecule has 0 aliphatic carbocycles. The molecule has 0 radical (unpaired) electrons. The van der Waals surface area contributed by atoms with Crippen LogP contribution in [-0.4, -0.2) is 45.8 Å². The normalized spacial score (nSPS) is 14.6. The quantitative estimate of drug-likeness (QED) is 0.363. The Kier molecular flexibility index (Phi) is 5.57. The highest BCUT2D eigenvalue weighted by Crippen LogP contribution is 2.30. The van der Waals surface area contributed by atoms with Crippen molar-refractivity contribution in [2.75, 3.05) is 31.1 Å². The van der Waals surface area contributed by atoms with Gasteiger partial charge in [-0.15, -0.1) is 0 Å². The fourth-order valence-electron chi connectivity index (χ4n) is 4.70. The number of anilines is 1. The highest BCUT2D eigenvalue weighted by Gasteiger charge is 2.22. The summed E-state index contributed by atoms with van der Waals surface area (Å²) in [6.07, 6.45) is 5.91. The van der Waals surface area contributed by atoms with Gasteiger partial charge in [0.2, 0.25) is 0 Å². The number of furan rings is 1. The molecular weight excluding hydrogens is 422 g/mol. The summed E-state index contributed by atoms with van der Waals surface area (Å²) in [5, 5.41) is 6.08. The zero-order chi connectivity index (χ0) is 22.7.